The fourth-order valence-corrected chi connectivity index (χ4v) is 1.75. The molecule has 1 aromatic carbocycles. The summed E-state index contributed by atoms with van der Waals surface area (Å²) in [5.74, 6) is 0.709. The van der Waals surface area contributed by atoms with Crippen LogP contribution in [0.1, 0.15) is 11.3 Å². The minimum Gasteiger partial charge on any atom is -0.252 e. The third-order valence-electron chi connectivity index (χ3n) is 2.28. The first-order valence-electron chi connectivity index (χ1n) is 4.87. The Morgan fingerprint density at radius 1 is 1.20 bits per heavy atom. The Morgan fingerprint density at radius 3 is 2.73 bits per heavy atom. The van der Waals surface area contributed by atoms with Gasteiger partial charge in [0.05, 0.1) is 18.1 Å². The van der Waals surface area contributed by atoms with Crippen molar-refractivity contribution in [1.29, 1.82) is 0 Å². The van der Waals surface area contributed by atoms with Crippen LogP contribution in [0.5, 0.6) is 0 Å². The lowest BCUT2D eigenvalue weighted by Gasteiger charge is -2.00. The predicted molar refractivity (Wildman–Crippen MR) is 62.7 cm³/mol. The van der Waals surface area contributed by atoms with E-state index in [1.54, 1.807) is 6.20 Å². The van der Waals surface area contributed by atoms with E-state index >= 15 is 0 Å². The van der Waals surface area contributed by atoms with Crippen molar-refractivity contribution < 1.29 is 4.57 Å². The SMILES string of the molecule is SCc1cncc[n+]1Cc1ccccc1. The van der Waals surface area contributed by atoms with E-state index in [0.717, 1.165) is 12.2 Å². The van der Waals surface area contributed by atoms with E-state index < -0.39 is 0 Å². The summed E-state index contributed by atoms with van der Waals surface area (Å²) in [6.07, 6.45) is 5.64. The van der Waals surface area contributed by atoms with E-state index in [9.17, 15) is 0 Å². The molecule has 1 heterocycles. The van der Waals surface area contributed by atoms with Crippen molar-refractivity contribution in [2.75, 3.05) is 0 Å². The van der Waals surface area contributed by atoms with Gasteiger partial charge in [0.25, 0.3) is 0 Å². The highest BCUT2D eigenvalue weighted by atomic mass is 32.1. The van der Waals surface area contributed by atoms with Crippen LogP contribution in [-0.2, 0) is 12.3 Å². The molecule has 0 spiro atoms. The lowest BCUT2D eigenvalue weighted by atomic mass is 10.2. The monoisotopic (exact) mass is 217 g/mol. The van der Waals surface area contributed by atoms with Gasteiger partial charge in [0.2, 0.25) is 5.69 Å². The summed E-state index contributed by atoms with van der Waals surface area (Å²) >= 11 is 4.29. The van der Waals surface area contributed by atoms with Gasteiger partial charge < -0.3 is 0 Å². The second-order valence-corrected chi connectivity index (χ2v) is 3.66. The standard InChI is InChI=1S/C12H12N2S/c15-10-12-8-13-6-7-14(12)9-11-4-2-1-3-5-11/h1-8H,9-10H2/p+1. The molecule has 0 N–H and O–H groups in total. The second-order valence-electron chi connectivity index (χ2n) is 3.34. The number of nitrogens with zero attached hydrogens (tertiary/aromatic N) is 2. The summed E-state index contributed by atoms with van der Waals surface area (Å²) < 4.78 is 2.16. The summed E-state index contributed by atoms with van der Waals surface area (Å²) in [7, 11) is 0. The van der Waals surface area contributed by atoms with Gasteiger partial charge >= 0.3 is 0 Å². The quantitative estimate of drug-likeness (QED) is 0.613. The molecule has 15 heavy (non-hydrogen) atoms. The molecule has 3 heteroatoms. The molecular formula is C12H13N2S+. The maximum Gasteiger partial charge on any atom is 0.209 e. The maximum atomic E-state index is 4.29. The first kappa shape index (κ1) is 10.2. The number of benzene rings is 1. The highest BCUT2D eigenvalue weighted by Crippen LogP contribution is 2.00. The first-order valence-corrected chi connectivity index (χ1v) is 5.50. The minimum absolute atomic E-state index is 0.709. The van der Waals surface area contributed by atoms with Crippen LogP contribution in [0, 0.1) is 0 Å². The molecule has 1 aromatic heterocycles. The topological polar surface area (TPSA) is 16.8 Å². The van der Waals surface area contributed by atoms with Gasteiger partial charge in [-0.3, -0.25) is 4.98 Å². The molecule has 0 saturated heterocycles. The van der Waals surface area contributed by atoms with Crippen molar-refractivity contribution in [3.63, 3.8) is 0 Å². The number of aromatic nitrogens is 2. The number of thiol groups is 1. The Bertz CT molecular complexity index is 429. The zero-order valence-electron chi connectivity index (χ0n) is 8.37. The van der Waals surface area contributed by atoms with Crippen LogP contribution in [0.3, 0.4) is 0 Å². The fourth-order valence-electron chi connectivity index (χ4n) is 1.48. The average Bonchev–Trinajstić information content (AvgIpc) is 2.31. The molecule has 0 aliphatic rings. The van der Waals surface area contributed by atoms with E-state index in [1.807, 2.05) is 18.5 Å². The third-order valence-corrected chi connectivity index (χ3v) is 2.61. The van der Waals surface area contributed by atoms with E-state index in [4.69, 9.17) is 0 Å². The summed E-state index contributed by atoms with van der Waals surface area (Å²) in [6.45, 7) is 0.874. The Morgan fingerprint density at radius 2 is 2.00 bits per heavy atom. The Balaban J connectivity index is 2.24. The largest absolute Gasteiger partial charge is 0.252 e. The van der Waals surface area contributed by atoms with E-state index in [2.05, 4.69) is 46.4 Å². The van der Waals surface area contributed by atoms with E-state index in [0.29, 0.717) is 5.75 Å². The molecule has 2 aromatic rings. The van der Waals surface area contributed by atoms with Crippen LogP contribution in [0.15, 0.2) is 48.9 Å². The highest BCUT2D eigenvalue weighted by molar-refractivity contribution is 7.79. The molecule has 0 aliphatic heterocycles. The van der Waals surface area contributed by atoms with Crippen LogP contribution >= 0.6 is 12.6 Å². The fraction of sp³-hybridized carbons (Fsp3) is 0.167. The number of hydrogen-bond acceptors (Lipinski definition) is 2. The van der Waals surface area contributed by atoms with Gasteiger partial charge in [-0.2, -0.15) is 17.2 Å². The average molecular weight is 217 g/mol. The predicted octanol–water partition coefficient (Wildman–Crippen LogP) is 1.85. The minimum atomic E-state index is 0.709. The van der Waals surface area contributed by atoms with Gasteiger partial charge in [-0.15, -0.1) is 0 Å². The van der Waals surface area contributed by atoms with Crippen molar-refractivity contribution >= 4 is 12.6 Å². The molecule has 0 bridgehead atoms. The molecule has 76 valence electrons. The summed E-state index contributed by atoms with van der Waals surface area (Å²) in [5.41, 5.74) is 2.42. The normalized spacial score (nSPS) is 10.2. The Hall–Kier alpha value is -1.35. The molecule has 0 aliphatic carbocycles. The van der Waals surface area contributed by atoms with E-state index in [1.165, 1.54) is 5.56 Å². The zero-order chi connectivity index (χ0) is 10.5. The molecule has 0 fully saturated rings. The molecular weight excluding hydrogens is 204 g/mol. The summed E-state index contributed by atoms with van der Waals surface area (Å²) in [5, 5.41) is 0. The molecule has 2 rings (SSSR count). The molecule has 0 saturated carbocycles. The van der Waals surface area contributed by atoms with Crippen LogP contribution in [0.4, 0.5) is 0 Å². The number of hydrogen-bond donors (Lipinski definition) is 1. The lowest BCUT2D eigenvalue weighted by molar-refractivity contribution is -0.695. The number of rotatable bonds is 3. The summed E-state index contributed by atoms with van der Waals surface area (Å²) in [6, 6.07) is 10.4. The zero-order valence-corrected chi connectivity index (χ0v) is 9.27. The highest BCUT2D eigenvalue weighted by Gasteiger charge is 2.08. The van der Waals surface area contributed by atoms with Crippen molar-refractivity contribution in [2.24, 2.45) is 0 Å². The third kappa shape index (κ3) is 2.57. The molecule has 2 nitrogen and oxygen atoms in total. The van der Waals surface area contributed by atoms with Gasteiger partial charge in [0.15, 0.2) is 12.7 Å². The van der Waals surface area contributed by atoms with Crippen molar-refractivity contribution in [3.8, 4) is 0 Å². The van der Waals surface area contributed by atoms with Crippen molar-refractivity contribution in [2.45, 2.75) is 12.3 Å². The smallest absolute Gasteiger partial charge is 0.209 e. The summed E-state index contributed by atoms with van der Waals surface area (Å²) in [4.78, 5) is 4.09. The van der Waals surface area contributed by atoms with E-state index in [-0.39, 0.29) is 0 Å². The van der Waals surface area contributed by atoms with Crippen molar-refractivity contribution in [1.82, 2.24) is 4.98 Å². The van der Waals surface area contributed by atoms with Crippen LogP contribution in [0.25, 0.3) is 0 Å². The Labute approximate surface area is 95.0 Å². The lowest BCUT2D eigenvalue weighted by Crippen LogP contribution is -2.38. The molecule has 0 atom stereocenters. The first-order chi connectivity index (χ1) is 7.40. The molecule has 0 radical (unpaired) electrons. The van der Waals surface area contributed by atoms with Gasteiger partial charge in [-0.1, -0.05) is 30.3 Å². The molecule has 0 unspecified atom stereocenters. The Kier molecular flexibility index (Phi) is 3.35. The van der Waals surface area contributed by atoms with Crippen LogP contribution < -0.4 is 4.57 Å². The van der Waals surface area contributed by atoms with Crippen LogP contribution in [0.2, 0.25) is 0 Å². The van der Waals surface area contributed by atoms with Gasteiger partial charge in [0.1, 0.15) is 0 Å². The van der Waals surface area contributed by atoms with Crippen LogP contribution in [-0.4, -0.2) is 4.98 Å². The molecule has 0 amide bonds. The van der Waals surface area contributed by atoms with Crippen molar-refractivity contribution in [3.05, 3.63) is 60.2 Å². The van der Waals surface area contributed by atoms with Gasteiger partial charge in [-0.25, -0.2) is 0 Å². The second kappa shape index (κ2) is 4.94. The van der Waals surface area contributed by atoms with Gasteiger partial charge in [-0.05, 0) is 0 Å². The van der Waals surface area contributed by atoms with Gasteiger partial charge in [0, 0.05) is 5.56 Å². The maximum absolute atomic E-state index is 4.29.